The van der Waals surface area contributed by atoms with Gasteiger partial charge in [0.05, 0.1) is 5.69 Å². The van der Waals surface area contributed by atoms with E-state index >= 15 is 0 Å². The molecule has 0 saturated carbocycles. The number of carbonyl (C=O) groups is 1. The van der Waals surface area contributed by atoms with Gasteiger partial charge in [-0.3, -0.25) is 0 Å². The molecule has 5 nitrogen and oxygen atoms in total. The maximum absolute atomic E-state index is 12.9. The second-order valence-corrected chi connectivity index (χ2v) is 10.5. The number of benzene rings is 3. The average molecular weight is 508 g/mol. The van der Waals surface area contributed by atoms with Crippen LogP contribution in [-0.4, -0.2) is 33.5 Å². The van der Waals surface area contributed by atoms with Crippen molar-refractivity contribution in [2.45, 2.75) is 38.3 Å². The number of carbonyl (C=O) groups excluding carboxylic acids is 1. The Hall–Kier alpha value is -3.90. The fourth-order valence-electron chi connectivity index (χ4n) is 5.15. The van der Waals surface area contributed by atoms with Crippen LogP contribution in [0.2, 0.25) is 0 Å². The Labute approximate surface area is 220 Å². The van der Waals surface area contributed by atoms with E-state index in [-0.39, 0.29) is 12.1 Å². The van der Waals surface area contributed by atoms with Gasteiger partial charge >= 0.3 is 6.09 Å². The van der Waals surface area contributed by atoms with Crippen LogP contribution in [0.5, 0.6) is 0 Å². The third-order valence-corrected chi connectivity index (χ3v) is 8.01. The number of nitrogens with zero attached hydrogens (tertiary/aromatic N) is 2. The Balaban J connectivity index is 1.16. The molecule has 1 aliphatic heterocycles. The molecule has 37 heavy (non-hydrogen) atoms. The van der Waals surface area contributed by atoms with Gasteiger partial charge in [-0.25, -0.2) is 9.78 Å². The lowest BCUT2D eigenvalue weighted by Gasteiger charge is -2.24. The molecule has 3 aromatic carbocycles. The zero-order valence-electron chi connectivity index (χ0n) is 20.6. The second-order valence-electron chi connectivity index (χ2n) is 9.61. The Morgan fingerprint density at radius 1 is 1.03 bits per heavy atom. The van der Waals surface area contributed by atoms with E-state index in [0.717, 1.165) is 59.6 Å². The number of aromatic amines is 1. The summed E-state index contributed by atoms with van der Waals surface area (Å²) < 4.78 is 5.64. The maximum atomic E-state index is 12.9. The molecule has 2 aromatic heterocycles. The maximum Gasteiger partial charge on any atom is 0.410 e. The summed E-state index contributed by atoms with van der Waals surface area (Å²) in [7, 11) is 0. The third kappa shape index (κ3) is 5.30. The van der Waals surface area contributed by atoms with Crippen LogP contribution >= 0.6 is 11.3 Å². The van der Waals surface area contributed by atoms with E-state index in [1.54, 1.807) is 11.3 Å². The van der Waals surface area contributed by atoms with Crippen LogP contribution in [0, 0.1) is 0 Å². The Morgan fingerprint density at radius 2 is 1.81 bits per heavy atom. The molecule has 0 radical (unpaired) electrons. The smallest absolute Gasteiger partial charge is 0.410 e. The molecule has 0 spiro atoms. The van der Waals surface area contributed by atoms with Gasteiger partial charge < -0.3 is 14.6 Å². The van der Waals surface area contributed by atoms with Gasteiger partial charge in [-0.1, -0.05) is 60.7 Å². The van der Waals surface area contributed by atoms with Crippen molar-refractivity contribution < 1.29 is 9.53 Å². The standard InChI is InChI=1S/C31H29N3O2S/c35-31(36-20-23-10-5-2-6-11-23)34-15-7-12-27(34)17-25-19-32-29-14-13-24(18-28(25)29)30-33-26(21-37-30)16-22-8-3-1-4-9-22/h1-6,8-11,13-14,18-19,21,27,32H,7,12,15-17,20H2. The van der Waals surface area contributed by atoms with Crippen LogP contribution in [0.4, 0.5) is 4.79 Å². The normalized spacial score (nSPS) is 15.4. The Bertz CT molecular complexity index is 1490. The van der Waals surface area contributed by atoms with E-state index in [9.17, 15) is 4.79 Å². The first-order chi connectivity index (χ1) is 18.2. The SMILES string of the molecule is O=C(OCc1ccccc1)N1CCCC1Cc1c[nH]c2ccc(-c3nc(Cc4ccccc4)cs3)cc12. The summed E-state index contributed by atoms with van der Waals surface area (Å²) in [6.07, 6.45) is 5.50. The molecule has 0 bridgehead atoms. The summed E-state index contributed by atoms with van der Waals surface area (Å²) in [6.45, 7) is 1.05. The molecular formula is C31H29N3O2S. The van der Waals surface area contributed by atoms with Crippen molar-refractivity contribution in [1.29, 1.82) is 0 Å². The average Bonchev–Trinajstić information content (AvgIpc) is 3.69. The summed E-state index contributed by atoms with van der Waals surface area (Å²) in [5.41, 5.74) is 6.83. The molecule has 186 valence electrons. The van der Waals surface area contributed by atoms with Gasteiger partial charge in [0, 0.05) is 47.1 Å². The molecule has 1 fully saturated rings. The number of likely N-dealkylation sites (tertiary alicyclic amines) is 1. The lowest BCUT2D eigenvalue weighted by atomic mass is 10.0. The molecule has 3 heterocycles. The summed E-state index contributed by atoms with van der Waals surface area (Å²) in [6, 6.07) is 26.9. The zero-order valence-corrected chi connectivity index (χ0v) is 21.4. The third-order valence-electron chi connectivity index (χ3n) is 7.07. The van der Waals surface area contributed by atoms with Crippen molar-refractivity contribution in [1.82, 2.24) is 14.9 Å². The molecule has 1 atom stereocenters. The predicted molar refractivity (Wildman–Crippen MR) is 149 cm³/mol. The number of fused-ring (bicyclic) bond motifs is 1. The minimum atomic E-state index is -0.222. The van der Waals surface area contributed by atoms with Gasteiger partial charge in [0.25, 0.3) is 0 Å². The molecule has 6 rings (SSSR count). The summed E-state index contributed by atoms with van der Waals surface area (Å²) in [5.74, 6) is 0. The van der Waals surface area contributed by atoms with Gasteiger partial charge in [-0.05, 0) is 54.2 Å². The number of hydrogen-bond acceptors (Lipinski definition) is 4. The number of ether oxygens (including phenoxy) is 1. The van der Waals surface area contributed by atoms with E-state index in [2.05, 4.69) is 59.0 Å². The van der Waals surface area contributed by atoms with Crippen molar-refractivity contribution in [3.05, 3.63) is 113 Å². The number of amides is 1. The van der Waals surface area contributed by atoms with Crippen molar-refractivity contribution in [3.63, 3.8) is 0 Å². The number of aromatic nitrogens is 2. The van der Waals surface area contributed by atoms with Crippen LogP contribution in [0.1, 0.15) is 35.2 Å². The van der Waals surface area contributed by atoms with Crippen molar-refractivity contribution in [3.8, 4) is 10.6 Å². The molecule has 1 saturated heterocycles. The molecular weight excluding hydrogens is 478 g/mol. The minimum Gasteiger partial charge on any atom is -0.445 e. The second kappa shape index (κ2) is 10.6. The Morgan fingerprint density at radius 3 is 2.62 bits per heavy atom. The highest BCUT2D eigenvalue weighted by atomic mass is 32.1. The van der Waals surface area contributed by atoms with E-state index < -0.39 is 0 Å². The largest absolute Gasteiger partial charge is 0.445 e. The number of hydrogen-bond donors (Lipinski definition) is 1. The first kappa shape index (κ1) is 23.5. The highest BCUT2D eigenvalue weighted by Crippen LogP contribution is 2.31. The monoisotopic (exact) mass is 507 g/mol. The number of rotatable bonds is 7. The molecule has 1 aliphatic rings. The molecule has 5 aromatic rings. The van der Waals surface area contributed by atoms with Crippen LogP contribution in [0.25, 0.3) is 21.5 Å². The van der Waals surface area contributed by atoms with E-state index in [0.29, 0.717) is 6.61 Å². The first-order valence-corrected chi connectivity index (χ1v) is 13.7. The lowest BCUT2D eigenvalue weighted by molar-refractivity contribution is 0.0921. The molecule has 6 heteroatoms. The number of thiazole rings is 1. The number of H-pyrrole nitrogens is 1. The van der Waals surface area contributed by atoms with Crippen molar-refractivity contribution in [2.24, 2.45) is 0 Å². The van der Waals surface area contributed by atoms with Crippen LogP contribution in [-0.2, 0) is 24.2 Å². The summed E-state index contributed by atoms with van der Waals surface area (Å²) in [5, 5.41) is 4.39. The fourth-order valence-corrected chi connectivity index (χ4v) is 5.97. The first-order valence-electron chi connectivity index (χ1n) is 12.8. The molecule has 1 unspecified atom stereocenters. The van der Waals surface area contributed by atoms with Crippen LogP contribution < -0.4 is 0 Å². The topological polar surface area (TPSA) is 58.2 Å². The quantitative estimate of drug-likeness (QED) is 0.253. The zero-order chi connectivity index (χ0) is 25.0. The molecule has 1 N–H and O–H groups in total. The number of nitrogens with one attached hydrogen (secondary N) is 1. The van der Waals surface area contributed by atoms with Gasteiger partial charge in [-0.2, -0.15) is 0 Å². The minimum absolute atomic E-state index is 0.142. The van der Waals surface area contributed by atoms with E-state index in [1.165, 1.54) is 16.5 Å². The molecule has 0 aliphatic carbocycles. The van der Waals surface area contributed by atoms with Gasteiger partial charge in [0.15, 0.2) is 0 Å². The van der Waals surface area contributed by atoms with Crippen molar-refractivity contribution in [2.75, 3.05) is 6.54 Å². The van der Waals surface area contributed by atoms with Crippen LogP contribution in [0.15, 0.2) is 90.4 Å². The van der Waals surface area contributed by atoms with Gasteiger partial charge in [0.1, 0.15) is 11.6 Å². The van der Waals surface area contributed by atoms with E-state index in [4.69, 9.17) is 9.72 Å². The van der Waals surface area contributed by atoms with Crippen LogP contribution in [0.3, 0.4) is 0 Å². The predicted octanol–water partition coefficient (Wildman–Crippen LogP) is 7.23. The highest BCUT2D eigenvalue weighted by molar-refractivity contribution is 7.13. The Kier molecular flexibility index (Phi) is 6.74. The van der Waals surface area contributed by atoms with Gasteiger partial charge in [0.2, 0.25) is 0 Å². The fraction of sp³-hybridized carbons (Fsp3) is 0.226. The molecule has 1 amide bonds. The van der Waals surface area contributed by atoms with Gasteiger partial charge in [-0.15, -0.1) is 11.3 Å². The lowest BCUT2D eigenvalue weighted by Crippen LogP contribution is -2.37. The van der Waals surface area contributed by atoms with Crippen molar-refractivity contribution >= 4 is 28.3 Å². The highest BCUT2D eigenvalue weighted by Gasteiger charge is 2.30. The van der Waals surface area contributed by atoms with E-state index in [1.807, 2.05) is 41.3 Å². The summed E-state index contributed by atoms with van der Waals surface area (Å²) in [4.78, 5) is 23.1. The summed E-state index contributed by atoms with van der Waals surface area (Å²) >= 11 is 1.69.